The molecular formula is C9H17N3O2. The van der Waals surface area contributed by atoms with Crippen molar-refractivity contribution in [2.45, 2.75) is 19.1 Å². The van der Waals surface area contributed by atoms with Crippen LogP contribution in [0.5, 0.6) is 0 Å². The second-order valence-corrected chi connectivity index (χ2v) is 3.68. The quantitative estimate of drug-likeness (QED) is 0.708. The molecule has 1 aromatic heterocycles. The highest BCUT2D eigenvalue weighted by Crippen LogP contribution is 2.15. The highest BCUT2D eigenvalue weighted by molar-refractivity contribution is 4.97. The molecule has 2 atom stereocenters. The van der Waals surface area contributed by atoms with Crippen molar-refractivity contribution in [2.75, 3.05) is 20.6 Å². The van der Waals surface area contributed by atoms with Gasteiger partial charge in [-0.3, -0.25) is 0 Å². The van der Waals surface area contributed by atoms with Gasteiger partial charge in [-0.1, -0.05) is 0 Å². The van der Waals surface area contributed by atoms with Gasteiger partial charge in [-0.25, -0.2) is 4.98 Å². The monoisotopic (exact) mass is 199 g/mol. The summed E-state index contributed by atoms with van der Waals surface area (Å²) in [6.45, 7) is 2.36. The van der Waals surface area contributed by atoms with Crippen LogP contribution < -0.4 is 5.73 Å². The fourth-order valence-corrected chi connectivity index (χ4v) is 1.21. The Bertz CT molecular complexity index is 285. The molecule has 5 heteroatoms. The molecule has 2 unspecified atom stereocenters. The molecule has 14 heavy (non-hydrogen) atoms. The van der Waals surface area contributed by atoms with E-state index in [2.05, 4.69) is 4.98 Å². The van der Waals surface area contributed by atoms with E-state index in [9.17, 15) is 5.11 Å². The van der Waals surface area contributed by atoms with Gasteiger partial charge in [0.15, 0.2) is 0 Å². The molecule has 0 saturated carbocycles. The summed E-state index contributed by atoms with van der Waals surface area (Å²) in [4.78, 5) is 5.84. The Morgan fingerprint density at radius 1 is 1.64 bits per heavy atom. The maximum atomic E-state index is 9.74. The van der Waals surface area contributed by atoms with E-state index < -0.39 is 6.10 Å². The molecule has 0 amide bonds. The molecule has 0 saturated heterocycles. The third-order valence-corrected chi connectivity index (χ3v) is 1.87. The van der Waals surface area contributed by atoms with Crippen LogP contribution in [0.15, 0.2) is 10.6 Å². The van der Waals surface area contributed by atoms with Crippen LogP contribution in [0, 0.1) is 6.92 Å². The number of aryl methyl sites for hydroxylation is 1. The van der Waals surface area contributed by atoms with Crippen molar-refractivity contribution in [3.05, 3.63) is 17.8 Å². The third kappa shape index (κ3) is 2.80. The van der Waals surface area contributed by atoms with Gasteiger partial charge in [-0.2, -0.15) is 0 Å². The van der Waals surface area contributed by atoms with Crippen molar-refractivity contribution in [1.29, 1.82) is 0 Å². The number of nitrogens with zero attached hydrogens (tertiary/aromatic N) is 2. The summed E-state index contributed by atoms with van der Waals surface area (Å²) in [5.74, 6) is 0.966. The summed E-state index contributed by atoms with van der Waals surface area (Å²) < 4.78 is 5.19. The zero-order chi connectivity index (χ0) is 10.7. The molecular weight excluding hydrogens is 182 g/mol. The second-order valence-electron chi connectivity index (χ2n) is 3.68. The first-order valence-electron chi connectivity index (χ1n) is 4.51. The van der Waals surface area contributed by atoms with E-state index in [-0.39, 0.29) is 11.9 Å². The van der Waals surface area contributed by atoms with Crippen molar-refractivity contribution < 1.29 is 9.52 Å². The molecule has 0 aromatic carbocycles. The van der Waals surface area contributed by atoms with Gasteiger partial charge in [0.2, 0.25) is 5.89 Å². The number of aromatic nitrogens is 1. The minimum Gasteiger partial charge on any atom is -0.443 e. The van der Waals surface area contributed by atoms with E-state index >= 15 is 0 Å². The Kier molecular flexibility index (Phi) is 3.62. The Morgan fingerprint density at radius 2 is 2.29 bits per heavy atom. The summed E-state index contributed by atoms with van der Waals surface area (Å²) >= 11 is 0. The summed E-state index contributed by atoms with van der Waals surface area (Å²) in [6.07, 6.45) is 0.729. The molecule has 1 rings (SSSR count). The fraction of sp³-hybridized carbons (Fsp3) is 0.667. The van der Waals surface area contributed by atoms with Crippen molar-refractivity contribution in [3.63, 3.8) is 0 Å². The normalized spacial score (nSPS) is 15.9. The minimum atomic E-state index is -0.842. The van der Waals surface area contributed by atoms with Crippen LogP contribution in [0.4, 0.5) is 0 Å². The van der Waals surface area contributed by atoms with Crippen LogP contribution in [0.1, 0.15) is 17.8 Å². The maximum absolute atomic E-state index is 9.74. The number of likely N-dealkylation sites (N-methyl/N-ethyl adjacent to an activating group) is 1. The van der Waals surface area contributed by atoms with E-state index in [1.54, 1.807) is 13.1 Å². The van der Waals surface area contributed by atoms with Gasteiger partial charge in [-0.05, 0) is 21.0 Å². The molecule has 3 N–H and O–H groups in total. The smallest absolute Gasteiger partial charge is 0.224 e. The Labute approximate surface area is 83.5 Å². The number of oxazole rings is 1. The lowest BCUT2D eigenvalue weighted by Crippen LogP contribution is -2.38. The number of hydrogen-bond acceptors (Lipinski definition) is 5. The molecule has 0 aliphatic rings. The minimum absolute atomic E-state index is 0.289. The van der Waals surface area contributed by atoms with Gasteiger partial charge in [0.05, 0.1) is 12.2 Å². The van der Waals surface area contributed by atoms with Gasteiger partial charge in [0.25, 0.3) is 0 Å². The Balaban J connectivity index is 2.60. The summed E-state index contributed by atoms with van der Waals surface area (Å²) in [5.41, 5.74) is 5.77. The van der Waals surface area contributed by atoms with Crippen LogP contribution in [-0.2, 0) is 0 Å². The van der Waals surface area contributed by atoms with Gasteiger partial charge in [0, 0.05) is 6.54 Å². The zero-order valence-electron chi connectivity index (χ0n) is 8.77. The fourth-order valence-electron chi connectivity index (χ4n) is 1.21. The molecule has 0 bridgehead atoms. The molecule has 1 aromatic rings. The first kappa shape index (κ1) is 11.2. The molecule has 0 aliphatic carbocycles. The summed E-state index contributed by atoms with van der Waals surface area (Å²) in [5, 5.41) is 9.74. The van der Waals surface area contributed by atoms with Gasteiger partial charge >= 0.3 is 0 Å². The van der Waals surface area contributed by atoms with Crippen molar-refractivity contribution in [2.24, 2.45) is 5.73 Å². The highest BCUT2D eigenvalue weighted by Gasteiger charge is 2.21. The van der Waals surface area contributed by atoms with E-state index in [1.807, 2.05) is 19.0 Å². The summed E-state index contributed by atoms with van der Waals surface area (Å²) in [7, 11) is 3.79. The van der Waals surface area contributed by atoms with E-state index in [1.165, 1.54) is 0 Å². The number of hydrogen-bond donors (Lipinski definition) is 2. The molecule has 0 aliphatic heterocycles. The predicted molar refractivity (Wildman–Crippen MR) is 52.7 cm³/mol. The molecule has 0 spiro atoms. The van der Waals surface area contributed by atoms with Gasteiger partial charge in [0.1, 0.15) is 11.9 Å². The van der Waals surface area contributed by atoms with Gasteiger partial charge < -0.3 is 20.2 Å². The van der Waals surface area contributed by atoms with E-state index in [0.717, 1.165) is 0 Å². The SMILES string of the molecule is Cc1cnc(C(O)C(N)CN(C)C)o1. The van der Waals surface area contributed by atoms with Crippen molar-refractivity contribution in [1.82, 2.24) is 9.88 Å². The van der Waals surface area contributed by atoms with Crippen molar-refractivity contribution >= 4 is 0 Å². The van der Waals surface area contributed by atoms with Gasteiger partial charge in [-0.15, -0.1) is 0 Å². The zero-order valence-corrected chi connectivity index (χ0v) is 8.77. The molecule has 0 radical (unpaired) electrons. The largest absolute Gasteiger partial charge is 0.443 e. The van der Waals surface area contributed by atoms with Crippen LogP contribution in [0.3, 0.4) is 0 Å². The maximum Gasteiger partial charge on any atom is 0.224 e. The number of aliphatic hydroxyl groups excluding tert-OH is 1. The average molecular weight is 199 g/mol. The van der Waals surface area contributed by atoms with Crippen molar-refractivity contribution in [3.8, 4) is 0 Å². The van der Waals surface area contributed by atoms with Crippen LogP contribution in [0.2, 0.25) is 0 Å². The molecule has 0 fully saturated rings. The number of aliphatic hydroxyl groups is 1. The Morgan fingerprint density at radius 3 is 2.71 bits per heavy atom. The lowest BCUT2D eigenvalue weighted by atomic mass is 10.1. The summed E-state index contributed by atoms with van der Waals surface area (Å²) in [6, 6.07) is -0.386. The lowest BCUT2D eigenvalue weighted by molar-refractivity contribution is 0.102. The third-order valence-electron chi connectivity index (χ3n) is 1.87. The molecule has 1 heterocycles. The van der Waals surface area contributed by atoms with E-state index in [4.69, 9.17) is 10.2 Å². The van der Waals surface area contributed by atoms with Crippen LogP contribution >= 0.6 is 0 Å². The lowest BCUT2D eigenvalue weighted by Gasteiger charge is -2.19. The predicted octanol–water partition coefficient (Wildman–Crippen LogP) is -0.0947. The number of rotatable bonds is 4. The Hall–Kier alpha value is -0.910. The van der Waals surface area contributed by atoms with E-state index in [0.29, 0.717) is 12.3 Å². The molecule has 80 valence electrons. The first-order valence-corrected chi connectivity index (χ1v) is 4.51. The highest BCUT2D eigenvalue weighted by atomic mass is 16.4. The average Bonchev–Trinajstić information content (AvgIpc) is 2.49. The first-order chi connectivity index (χ1) is 6.50. The standard InChI is InChI=1S/C9H17N3O2/c1-6-4-11-9(14-6)8(13)7(10)5-12(2)3/h4,7-8,13H,5,10H2,1-3H3. The second kappa shape index (κ2) is 4.54. The topological polar surface area (TPSA) is 75.5 Å². The molecule has 5 nitrogen and oxygen atoms in total. The number of nitrogens with two attached hydrogens (primary N) is 1. The van der Waals surface area contributed by atoms with Crippen LogP contribution in [0.25, 0.3) is 0 Å². The van der Waals surface area contributed by atoms with Crippen LogP contribution in [-0.4, -0.2) is 41.7 Å².